The van der Waals surface area contributed by atoms with Crippen molar-refractivity contribution in [3.05, 3.63) is 51.3 Å². The number of nitrogen functional groups attached to an aromatic ring is 1. The number of aromatic amines is 1. The second kappa shape index (κ2) is 6.35. The highest BCUT2D eigenvalue weighted by Crippen LogP contribution is 2.29. The van der Waals surface area contributed by atoms with Gasteiger partial charge in [0.1, 0.15) is 29.1 Å². The lowest BCUT2D eigenvalue weighted by atomic mass is 9.95. The van der Waals surface area contributed by atoms with Gasteiger partial charge in [-0.05, 0) is 32.1 Å². The summed E-state index contributed by atoms with van der Waals surface area (Å²) in [6.07, 6.45) is 0. The van der Waals surface area contributed by atoms with Gasteiger partial charge in [0.2, 0.25) is 0 Å². The first kappa shape index (κ1) is 16.3. The average molecular weight is 307 g/mol. The molecule has 1 aromatic heterocycles. The van der Waals surface area contributed by atoms with E-state index in [0.29, 0.717) is 5.56 Å². The number of aromatic nitrogens is 1. The van der Waals surface area contributed by atoms with Crippen LogP contribution >= 0.6 is 0 Å². The number of H-pyrrole nitrogens is 1. The van der Waals surface area contributed by atoms with Gasteiger partial charge in [-0.1, -0.05) is 24.3 Å². The van der Waals surface area contributed by atoms with Gasteiger partial charge in [-0.25, -0.2) is 0 Å². The minimum absolute atomic E-state index is 0.0303. The summed E-state index contributed by atoms with van der Waals surface area (Å²) in [5, 5.41) is 18.6. The Labute approximate surface area is 134 Å². The molecule has 1 unspecified atom stereocenters. The molecule has 0 saturated carbocycles. The summed E-state index contributed by atoms with van der Waals surface area (Å²) in [5.41, 5.74) is 7.11. The van der Waals surface area contributed by atoms with Crippen LogP contribution in [0.5, 0.6) is 0 Å². The lowest BCUT2D eigenvalue weighted by molar-refractivity contribution is 0.321. The van der Waals surface area contributed by atoms with Gasteiger partial charge in [0.25, 0.3) is 5.56 Å². The molecular formula is C17H17N5O. The number of nitrogens with one attached hydrogen (secondary N) is 1. The maximum absolute atomic E-state index is 11.9. The van der Waals surface area contributed by atoms with Gasteiger partial charge in [0.05, 0.1) is 0 Å². The normalized spacial score (nSPS) is 11.7. The van der Waals surface area contributed by atoms with Crippen LogP contribution in [-0.4, -0.2) is 24.0 Å². The van der Waals surface area contributed by atoms with Gasteiger partial charge in [0.15, 0.2) is 0 Å². The standard InChI is InChI=1S/C17H17N5O/c1-10(22(2)3)11-4-6-12(7-5-11)15-13(8-18)16(20)21-17(23)14(15)9-19/h4-7,10H,1-3H3,(H3,20,21,23). The van der Waals surface area contributed by atoms with Crippen molar-refractivity contribution in [3.8, 4) is 23.3 Å². The van der Waals surface area contributed by atoms with E-state index in [1.807, 2.05) is 38.4 Å². The zero-order chi connectivity index (χ0) is 17.1. The molecule has 3 N–H and O–H groups in total. The Hall–Kier alpha value is -3.09. The quantitative estimate of drug-likeness (QED) is 0.901. The molecule has 1 aromatic carbocycles. The van der Waals surface area contributed by atoms with E-state index >= 15 is 0 Å². The van der Waals surface area contributed by atoms with E-state index in [2.05, 4.69) is 16.8 Å². The third-order valence-corrected chi connectivity index (χ3v) is 3.92. The second-order valence-electron chi connectivity index (χ2n) is 5.48. The number of anilines is 1. The van der Waals surface area contributed by atoms with Crippen LogP contribution in [0.15, 0.2) is 29.1 Å². The molecular weight excluding hydrogens is 290 g/mol. The number of hydrogen-bond donors (Lipinski definition) is 2. The Kier molecular flexibility index (Phi) is 4.49. The van der Waals surface area contributed by atoms with Crippen molar-refractivity contribution in [1.29, 1.82) is 10.5 Å². The molecule has 0 amide bonds. The van der Waals surface area contributed by atoms with E-state index in [4.69, 9.17) is 5.73 Å². The molecule has 6 heteroatoms. The third kappa shape index (κ3) is 2.94. The van der Waals surface area contributed by atoms with Crippen molar-refractivity contribution in [2.75, 3.05) is 19.8 Å². The summed E-state index contributed by atoms with van der Waals surface area (Å²) in [6.45, 7) is 2.07. The number of nitrogens with two attached hydrogens (primary N) is 1. The van der Waals surface area contributed by atoms with E-state index < -0.39 is 5.56 Å². The highest BCUT2D eigenvalue weighted by molar-refractivity contribution is 5.80. The van der Waals surface area contributed by atoms with E-state index in [-0.39, 0.29) is 28.6 Å². The number of hydrogen-bond acceptors (Lipinski definition) is 5. The Balaban J connectivity index is 2.66. The summed E-state index contributed by atoms with van der Waals surface area (Å²) in [7, 11) is 3.97. The van der Waals surface area contributed by atoms with E-state index in [9.17, 15) is 15.3 Å². The zero-order valence-corrected chi connectivity index (χ0v) is 13.2. The fourth-order valence-corrected chi connectivity index (χ4v) is 2.36. The summed E-state index contributed by atoms with van der Waals surface area (Å²) in [6, 6.07) is 11.5. The van der Waals surface area contributed by atoms with Crippen molar-refractivity contribution < 1.29 is 0 Å². The molecule has 2 aromatic rings. The lowest BCUT2D eigenvalue weighted by Crippen LogP contribution is -2.17. The van der Waals surface area contributed by atoms with Crippen LogP contribution in [0, 0.1) is 22.7 Å². The molecule has 0 aliphatic carbocycles. The maximum Gasteiger partial charge on any atom is 0.268 e. The molecule has 0 saturated heterocycles. The molecule has 0 fully saturated rings. The molecule has 1 heterocycles. The minimum atomic E-state index is -0.593. The van der Waals surface area contributed by atoms with Gasteiger partial charge < -0.3 is 15.6 Å². The van der Waals surface area contributed by atoms with Crippen LogP contribution in [-0.2, 0) is 0 Å². The maximum atomic E-state index is 11.9. The van der Waals surface area contributed by atoms with Gasteiger partial charge in [0, 0.05) is 11.6 Å². The van der Waals surface area contributed by atoms with Gasteiger partial charge >= 0.3 is 0 Å². The smallest absolute Gasteiger partial charge is 0.268 e. The summed E-state index contributed by atoms with van der Waals surface area (Å²) in [5.74, 6) is -0.0303. The van der Waals surface area contributed by atoms with Crippen LogP contribution in [0.3, 0.4) is 0 Å². The highest BCUT2D eigenvalue weighted by atomic mass is 16.1. The van der Waals surface area contributed by atoms with Crippen LogP contribution < -0.4 is 11.3 Å². The second-order valence-corrected chi connectivity index (χ2v) is 5.48. The molecule has 0 spiro atoms. The van der Waals surface area contributed by atoms with Crippen molar-refractivity contribution in [1.82, 2.24) is 9.88 Å². The lowest BCUT2D eigenvalue weighted by Gasteiger charge is -2.20. The fraction of sp³-hybridized carbons (Fsp3) is 0.235. The molecule has 0 radical (unpaired) electrons. The van der Waals surface area contributed by atoms with Crippen molar-refractivity contribution >= 4 is 5.82 Å². The molecule has 0 aliphatic rings. The first-order valence-electron chi connectivity index (χ1n) is 7.03. The number of rotatable bonds is 3. The Morgan fingerprint density at radius 2 is 1.70 bits per heavy atom. The highest BCUT2D eigenvalue weighted by Gasteiger charge is 2.18. The average Bonchev–Trinajstić information content (AvgIpc) is 2.53. The zero-order valence-electron chi connectivity index (χ0n) is 13.2. The Bertz CT molecular complexity index is 866. The minimum Gasteiger partial charge on any atom is -0.384 e. The predicted molar refractivity (Wildman–Crippen MR) is 88.4 cm³/mol. The number of pyridine rings is 1. The molecule has 23 heavy (non-hydrogen) atoms. The molecule has 0 bridgehead atoms. The molecule has 2 rings (SSSR count). The Morgan fingerprint density at radius 3 is 2.17 bits per heavy atom. The topological polar surface area (TPSA) is 110 Å². The molecule has 116 valence electrons. The first-order chi connectivity index (χ1) is 10.9. The summed E-state index contributed by atoms with van der Waals surface area (Å²) >= 11 is 0. The number of benzene rings is 1. The van der Waals surface area contributed by atoms with Crippen LogP contribution in [0.2, 0.25) is 0 Å². The van der Waals surface area contributed by atoms with Gasteiger partial charge in [-0.2, -0.15) is 10.5 Å². The van der Waals surface area contributed by atoms with Crippen LogP contribution in [0.1, 0.15) is 29.7 Å². The SMILES string of the molecule is CC(c1ccc(-c2c(C#N)c(N)[nH]c(=O)c2C#N)cc1)N(C)C. The predicted octanol–water partition coefficient (Wildman–Crippen LogP) is 1.99. The van der Waals surface area contributed by atoms with Crippen LogP contribution in [0.4, 0.5) is 5.82 Å². The molecule has 0 aliphatic heterocycles. The van der Waals surface area contributed by atoms with Gasteiger partial charge in [-0.15, -0.1) is 0 Å². The van der Waals surface area contributed by atoms with Crippen LogP contribution in [0.25, 0.3) is 11.1 Å². The van der Waals surface area contributed by atoms with Gasteiger partial charge in [-0.3, -0.25) is 4.79 Å². The van der Waals surface area contributed by atoms with E-state index in [1.165, 1.54) is 0 Å². The number of nitrogens with zero attached hydrogens (tertiary/aromatic N) is 3. The monoisotopic (exact) mass is 307 g/mol. The summed E-state index contributed by atoms with van der Waals surface area (Å²) < 4.78 is 0. The molecule has 6 nitrogen and oxygen atoms in total. The first-order valence-corrected chi connectivity index (χ1v) is 7.03. The van der Waals surface area contributed by atoms with Crippen molar-refractivity contribution in [2.24, 2.45) is 0 Å². The van der Waals surface area contributed by atoms with Crippen molar-refractivity contribution in [3.63, 3.8) is 0 Å². The molecule has 1 atom stereocenters. The fourth-order valence-electron chi connectivity index (χ4n) is 2.36. The van der Waals surface area contributed by atoms with E-state index in [1.54, 1.807) is 12.1 Å². The van der Waals surface area contributed by atoms with E-state index in [0.717, 1.165) is 5.56 Å². The summed E-state index contributed by atoms with van der Waals surface area (Å²) in [4.78, 5) is 16.3. The third-order valence-electron chi connectivity index (χ3n) is 3.92. The number of nitriles is 2. The largest absolute Gasteiger partial charge is 0.384 e. The van der Waals surface area contributed by atoms with Crippen molar-refractivity contribution in [2.45, 2.75) is 13.0 Å². The Morgan fingerprint density at radius 1 is 1.13 bits per heavy atom.